The second-order valence-electron chi connectivity index (χ2n) is 3.56. The van der Waals surface area contributed by atoms with Gasteiger partial charge in [0.2, 0.25) is 0 Å². The van der Waals surface area contributed by atoms with Crippen LogP contribution in [0.5, 0.6) is 0 Å². The molecule has 13 heavy (non-hydrogen) atoms. The Labute approximate surface area is 84.9 Å². The highest BCUT2D eigenvalue weighted by Crippen LogP contribution is 2.32. The summed E-state index contributed by atoms with van der Waals surface area (Å²) in [6.45, 7) is 3.45. The summed E-state index contributed by atoms with van der Waals surface area (Å²) < 4.78 is 10.4. The van der Waals surface area contributed by atoms with Crippen molar-refractivity contribution in [3.05, 3.63) is 0 Å². The molecule has 1 heterocycles. The highest BCUT2D eigenvalue weighted by molar-refractivity contribution is 6.23. The summed E-state index contributed by atoms with van der Waals surface area (Å²) in [5.74, 6) is 0. The van der Waals surface area contributed by atoms with E-state index in [9.17, 15) is 0 Å². The lowest BCUT2D eigenvalue weighted by Gasteiger charge is -2.30. The van der Waals surface area contributed by atoms with E-state index in [1.165, 1.54) is 0 Å². The molecule has 0 bridgehead atoms. The number of rotatable bonds is 4. The molecule has 0 spiro atoms. The molecule has 0 aromatic heterocycles. The van der Waals surface area contributed by atoms with Gasteiger partial charge < -0.3 is 9.47 Å². The van der Waals surface area contributed by atoms with Gasteiger partial charge in [-0.3, -0.25) is 4.90 Å². The van der Waals surface area contributed by atoms with Crippen LogP contribution in [-0.4, -0.2) is 43.5 Å². The molecule has 0 aliphatic carbocycles. The molecule has 1 saturated heterocycles. The topological polar surface area (TPSA) is 21.7 Å². The summed E-state index contributed by atoms with van der Waals surface area (Å²) in [6.07, 6.45) is 1.95. The van der Waals surface area contributed by atoms with E-state index in [4.69, 9.17) is 21.1 Å². The second kappa shape index (κ2) is 4.60. The van der Waals surface area contributed by atoms with Gasteiger partial charge in [-0.2, -0.15) is 0 Å². The van der Waals surface area contributed by atoms with E-state index < -0.39 is 0 Å². The molecule has 0 radical (unpaired) electrons. The lowest BCUT2D eigenvalue weighted by molar-refractivity contribution is -0.124. The minimum atomic E-state index is -0.313. The van der Waals surface area contributed by atoms with Crippen molar-refractivity contribution in [3.63, 3.8) is 0 Å². The fourth-order valence-corrected chi connectivity index (χ4v) is 1.75. The van der Waals surface area contributed by atoms with Gasteiger partial charge in [0, 0.05) is 7.11 Å². The zero-order valence-electron chi connectivity index (χ0n) is 8.55. The molecule has 0 aromatic carbocycles. The van der Waals surface area contributed by atoms with Gasteiger partial charge in [-0.25, -0.2) is 0 Å². The van der Waals surface area contributed by atoms with Gasteiger partial charge in [0.15, 0.2) is 6.29 Å². The third-order valence-corrected chi connectivity index (χ3v) is 3.20. The number of likely N-dealkylation sites (N-methyl/N-ethyl adjacent to an activating group) is 1. The fraction of sp³-hybridized carbons (Fsp3) is 1.00. The van der Waals surface area contributed by atoms with Gasteiger partial charge in [-0.15, -0.1) is 0 Å². The summed E-state index contributed by atoms with van der Waals surface area (Å²) in [4.78, 5) is 1.82. The molecule has 2 atom stereocenters. The number of methoxy groups -OCH3 is 1. The van der Waals surface area contributed by atoms with Crippen molar-refractivity contribution in [3.8, 4) is 0 Å². The van der Waals surface area contributed by atoms with Gasteiger partial charge in [-0.05, 0) is 33.4 Å². The molecule has 1 aliphatic heterocycles. The lowest BCUT2D eigenvalue weighted by atomic mass is 10.2. The molecule has 1 fully saturated rings. The Morgan fingerprint density at radius 3 is 2.77 bits per heavy atom. The van der Waals surface area contributed by atoms with Crippen LogP contribution in [0.3, 0.4) is 0 Å². The molecular weight excluding hydrogens is 190 g/mol. The summed E-state index contributed by atoms with van der Waals surface area (Å²) in [5.41, 5.74) is 0. The second-order valence-corrected chi connectivity index (χ2v) is 4.26. The summed E-state index contributed by atoms with van der Waals surface area (Å²) >= 11 is 6.37. The fourth-order valence-electron chi connectivity index (χ4n) is 1.47. The monoisotopic (exact) mass is 207 g/mol. The van der Waals surface area contributed by atoms with Crippen LogP contribution in [0.2, 0.25) is 0 Å². The van der Waals surface area contributed by atoms with Crippen LogP contribution < -0.4 is 0 Å². The van der Waals surface area contributed by atoms with E-state index in [0.29, 0.717) is 6.61 Å². The molecule has 3 nitrogen and oxygen atoms in total. The lowest BCUT2D eigenvalue weighted by Crippen LogP contribution is -2.41. The molecule has 1 aliphatic rings. The van der Waals surface area contributed by atoms with E-state index in [1.54, 1.807) is 7.11 Å². The first-order valence-electron chi connectivity index (χ1n) is 4.63. The normalized spacial score (nSPS) is 32.3. The van der Waals surface area contributed by atoms with Crippen molar-refractivity contribution < 1.29 is 9.47 Å². The maximum absolute atomic E-state index is 6.37. The maximum atomic E-state index is 6.37. The van der Waals surface area contributed by atoms with Crippen molar-refractivity contribution in [1.82, 2.24) is 4.90 Å². The van der Waals surface area contributed by atoms with Crippen LogP contribution in [0, 0.1) is 0 Å². The van der Waals surface area contributed by atoms with Crippen molar-refractivity contribution in [2.75, 3.05) is 27.3 Å². The first-order valence-corrected chi connectivity index (χ1v) is 5.01. The minimum Gasteiger partial charge on any atom is -0.356 e. The Balaban J connectivity index is 2.34. The number of likely N-dealkylation sites (tertiary alicyclic amines) is 1. The third-order valence-electron chi connectivity index (χ3n) is 2.61. The number of halogens is 1. The van der Waals surface area contributed by atoms with E-state index in [0.717, 1.165) is 19.4 Å². The van der Waals surface area contributed by atoms with E-state index in [2.05, 4.69) is 4.90 Å². The first kappa shape index (κ1) is 11.2. The van der Waals surface area contributed by atoms with Crippen LogP contribution in [-0.2, 0) is 9.47 Å². The molecular formula is C9H18ClNO2. The molecule has 0 amide bonds. The molecule has 0 saturated carbocycles. The highest BCUT2D eigenvalue weighted by Gasteiger charge is 2.37. The van der Waals surface area contributed by atoms with Crippen molar-refractivity contribution in [1.29, 1.82) is 0 Å². The van der Waals surface area contributed by atoms with Gasteiger partial charge in [0.25, 0.3) is 0 Å². The van der Waals surface area contributed by atoms with Crippen LogP contribution in [0.15, 0.2) is 0 Å². The SMILES string of the molecule is COC(C)OCC1(Cl)CCCN1C. The Kier molecular flexibility index (Phi) is 3.98. The minimum absolute atomic E-state index is 0.176. The molecule has 2 unspecified atom stereocenters. The van der Waals surface area contributed by atoms with E-state index in [1.807, 2.05) is 14.0 Å². The smallest absolute Gasteiger partial charge is 0.154 e. The summed E-state index contributed by atoms with van der Waals surface area (Å²) in [5, 5.41) is 0. The average molecular weight is 208 g/mol. The summed E-state index contributed by atoms with van der Waals surface area (Å²) in [6, 6.07) is 0. The quantitative estimate of drug-likeness (QED) is 0.398. The molecule has 0 aromatic rings. The molecule has 0 N–H and O–H groups in total. The van der Waals surface area contributed by atoms with Gasteiger partial charge in [0.05, 0.1) is 6.61 Å². The highest BCUT2D eigenvalue weighted by atomic mass is 35.5. The number of hydrogen-bond donors (Lipinski definition) is 0. The van der Waals surface area contributed by atoms with Crippen LogP contribution in [0.1, 0.15) is 19.8 Å². The van der Waals surface area contributed by atoms with E-state index in [-0.39, 0.29) is 11.3 Å². The number of alkyl halides is 1. The predicted octanol–water partition coefficient (Wildman–Crippen LogP) is 1.66. The average Bonchev–Trinajstić information content (AvgIpc) is 2.44. The first-order chi connectivity index (χ1) is 6.08. The van der Waals surface area contributed by atoms with Gasteiger partial charge >= 0.3 is 0 Å². The van der Waals surface area contributed by atoms with Crippen LogP contribution >= 0.6 is 11.6 Å². The number of nitrogens with zero attached hydrogens (tertiary/aromatic N) is 1. The zero-order chi connectivity index (χ0) is 9.90. The Bertz CT molecular complexity index is 168. The third kappa shape index (κ3) is 2.81. The standard InChI is InChI=1S/C9H18ClNO2/c1-8(12-3)13-7-9(10)5-4-6-11(9)2/h8H,4-7H2,1-3H3. The van der Waals surface area contributed by atoms with E-state index >= 15 is 0 Å². The van der Waals surface area contributed by atoms with Gasteiger partial charge in [0.1, 0.15) is 5.00 Å². The predicted molar refractivity (Wildman–Crippen MR) is 52.9 cm³/mol. The summed E-state index contributed by atoms with van der Waals surface area (Å²) in [7, 11) is 3.66. The molecule has 1 rings (SSSR count). The Morgan fingerprint density at radius 1 is 1.62 bits per heavy atom. The van der Waals surface area contributed by atoms with Crippen LogP contribution in [0.4, 0.5) is 0 Å². The molecule has 4 heteroatoms. The molecule has 78 valence electrons. The van der Waals surface area contributed by atoms with Gasteiger partial charge in [-0.1, -0.05) is 11.6 Å². The largest absolute Gasteiger partial charge is 0.356 e. The zero-order valence-corrected chi connectivity index (χ0v) is 9.30. The number of hydrogen-bond acceptors (Lipinski definition) is 3. The maximum Gasteiger partial charge on any atom is 0.154 e. The van der Waals surface area contributed by atoms with Crippen LogP contribution in [0.25, 0.3) is 0 Å². The Hall–Kier alpha value is 0.170. The van der Waals surface area contributed by atoms with Crippen molar-refractivity contribution in [2.45, 2.75) is 31.1 Å². The Morgan fingerprint density at radius 2 is 2.31 bits per heavy atom. The number of ether oxygens (including phenoxy) is 2. The van der Waals surface area contributed by atoms with Crippen molar-refractivity contribution >= 4 is 11.6 Å². The van der Waals surface area contributed by atoms with Crippen molar-refractivity contribution in [2.24, 2.45) is 0 Å².